The highest BCUT2D eigenvalue weighted by Gasteiger charge is 2.38. The third kappa shape index (κ3) is 1.81. The van der Waals surface area contributed by atoms with Crippen LogP contribution in [0.15, 0.2) is 24.3 Å². The molecule has 0 radical (unpaired) electrons. The van der Waals surface area contributed by atoms with Crippen LogP contribution in [-0.4, -0.2) is 11.6 Å². The zero-order chi connectivity index (χ0) is 16.9. The largest absolute Gasteiger partial charge is 0.289 e. The zero-order valence-electron chi connectivity index (χ0n) is 11.6. The van der Waals surface area contributed by atoms with Crippen molar-refractivity contribution < 1.29 is 9.59 Å². The minimum absolute atomic E-state index is 0.00979. The second kappa shape index (κ2) is 5.35. The van der Waals surface area contributed by atoms with Crippen molar-refractivity contribution >= 4 is 123 Å². The third-order valence-corrected chi connectivity index (χ3v) is 11.2. The third-order valence-electron chi connectivity index (χ3n) is 4.65. The number of carbonyl (C=O) groups is 2. The van der Waals surface area contributed by atoms with Gasteiger partial charge in [0, 0.05) is 58.1 Å². The van der Waals surface area contributed by atoms with Crippen LogP contribution < -0.4 is 0 Å². The van der Waals surface area contributed by atoms with Gasteiger partial charge in [-0.2, -0.15) is 0 Å². The van der Waals surface area contributed by atoms with E-state index in [2.05, 4.69) is 90.4 Å². The molecule has 116 valence electrons. The number of hydrogen-bond acceptors (Lipinski definition) is 2. The number of halogens is 4. The number of rotatable bonds is 0. The Bertz CT molecular complexity index is 1040. The lowest BCUT2D eigenvalue weighted by atomic mass is 9.77. The number of fused-ring (bicyclic) bond motifs is 4. The van der Waals surface area contributed by atoms with Crippen molar-refractivity contribution in [3.05, 3.63) is 60.8 Å². The molecule has 0 spiro atoms. The van der Waals surface area contributed by atoms with Crippen LogP contribution >= 0.6 is 90.4 Å². The van der Waals surface area contributed by atoms with Gasteiger partial charge in [-0.3, -0.25) is 9.59 Å². The van der Waals surface area contributed by atoms with Crippen molar-refractivity contribution in [3.8, 4) is 0 Å². The van der Waals surface area contributed by atoms with E-state index in [0.29, 0.717) is 22.3 Å². The number of hydrogen-bond donors (Lipinski definition) is 0. The lowest BCUT2D eigenvalue weighted by Crippen LogP contribution is -2.25. The van der Waals surface area contributed by atoms with Crippen LogP contribution in [0.3, 0.4) is 0 Å². The molecule has 7 rings (SSSR count). The Morgan fingerprint density at radius 1 is 0.458 bits per heavy atom. The standard InChI is InChI=1S/C18H4I4O2/c19-13-5-1-2-6(14(13)20)10-9(5)17(23)11-7-3-4-8(12(11)18(10)24)16(22)15(7)21/h1-4H. The predicted octanol–water partition coefficient (Wildman–Crippen LogP) is 6.06. The molecule has 6 aromatic rings. The van der Waals surface area contributed by atoms with Gasteiger partial charge in [0.05, 0.1) is 0 Å². The van der Waals surface area contributed by atoms with Gasteiger partial charge in [-0.1, -0.05) is 24.3 Å². The van der Waals surface area contributed by atoms with Crippen LogP contribution in [0.1, 0.15) is 31.8 Å². The van der Waals surface area contributed by atoms with Crippen LogP contribution in [0.2, 0.25) is 0 Å². The zero-order valence-corrected chi connectivity index (χ0v) is 20.3. The maximum atomic E-state index is 13.4. The summed E-state index contributed by atoms with van der Waals surface area (Å²) in [5, 5.41) is 3.55. The average Bonchev–Trinajstić information content (AvgIpc) is 2.59. The van der Waals surface area contributed by atoms with E-state index in [4.69, 9.17) is 0 Å². The maximum Gasteiger partial charge on any atom is 0.195 e. The topological polar surface area (TPSA) is 34.1 Å². The number of benzene rings is 6. The highest BCUT2D eigenvalue weighted by atomic mass is 127. The van der Waals surface area contributed by atoms with E-state index in [-0.39, 0.29) is 11.6 Å². The molecule has 1 aliphatic rings. The van der Waals surface area contributed by atoms with Gasteiger partial charge < -0.3 is 0 Å². The van der Waals surface area contributed by atoms with Gasteiger partial charge in [0.15, 0.2) is 11.6 Å². The summed E-state index contributed by atoms with van der Waals surface area (Å²) >= 11 is 9.08. The van der Waals surface area contributed by atoms with Crippen molar-refractivity contribution in [1.82, 2.24) is 0 Å². The summed E-state index contributed by atoms with van der Waals surface area (Å²) in [5.74, 6) is -0.0196. The molecule has 0 aliphatic heterocycles. The van der Waals surface area contributed by atoms with Crippen molar-refractivity contribution in [2.45, 2.75) is 0 Å². The number of ketones is 2. The van der Waals surface area contributed by atoms with Crippen molar-refractivity contribution in [2.75, 3.05) is 0 Å². The van der Waals surface area contributed by atoms with E-state index >= 15 is 0 Å². The van der Waals surface area contributed by atoms with Crippen molar-refractivity contribution in [2.24, 2.45) is 0 Å². The van der Waals surface area contributed by atoms with Crippen LogP contribution in [0, 0.1) is 14.3 Å². The predicted molar refractivity (Wildman–Crippen MR) is 128 cm³/mol. The van der Waals surface area contributed by atoms with Crippen LogP contribution in [-0.2, 0) is 0 Å². The Labute approximate surface area is 191 Å². The lowest BCUT2D eigenvalue weighted by Gasteiger charge is -2.26. The Kier molecular flexibility index (Phi) is 3.65. The summed E-state index contributed by atoms with van der Waals surface area (Å²) < 4.78 is 4.24. The van der Waals surface area contributed by atoms with Crippen molar-refractivity contribution in [3.63, 3.8) is 0 Å². The van der Waals surface area contributed by atoms with Crippen LogP contribution in [0.4, 0.5) is 0 Å². The first-order valence-corrected chi connectivity index (χ1v) is 11.3. The molecule has 24 heavy (non-hydrogen) atoms. The van der Waals surface area contributed by atoms with E-state index in [1.54, 1.807) is 0 Å². The first kappa shape index (κ1) is 16.4. The summed E-state index contributed by atoms with van der Waals surface area (Å²) in [6, 6.07) is 7.87. The van der Waals surface area contributed by atoms with Gasteiger partial charge in [0.25, 0.3) is 0 Å². The van der Waals surface area contributed by atoms with E-state index in [9.17, 15) is 9.59 Å². The Hall–Kier alpha value is 0.180. The average molecular weight is 760 g/mol. The minimum Gasteiger partial charge on any atom is -0.289 e. The summed E-state index contributed by atoms with van der Waals surface area (Å²) in [6.45, 7) is 0. The van der Waals surface area contributed by atoms with Crippen LogP contribution in [0.25, 0.3) is 21.5 Å². The van der Waals surface area contributed by atoms with Gasteiger partial charge >= 0.3 is 0 Å². The normalized spacial score (nSPS) is 14.0. The van der Waals surface area contributed by atoms with E-state index in [1.807, 2.05) is 24.3 Å². The lowest BCUT2D eigenvalue weighted by molar-refractivity contribution is 0.0983. The van der Waals surface area contributed by atoms with Crippen LogP contribution in [0.5, 0.6) is 0 Å². The van der Waals surface area contributed by atoms with E-state index in [0.717, 1.165) is 35.8 Å². The molecular formula is C18H4I4O2. The maximum absolute atomic E-state index is 13.4. The fourth-order valence-corrected chi connectivity index (χ4v) is 6.56. The molecular weight excluding hydrogens is 756 g/mol. The highest BCUT2D eigenvalue weighted by molar-refractivity contribution is 14.1. The molecule has 6 heteroatoms. The molecule has 0 amide bonds. The summed E-state index contributed by atoms with van der Waals surface area (Å²) in [4.78, 5) is 26.7. The molecule has 0 N–H and O–H groups in total. The molecule has 2 nitrogen and oxygen atoms in total. The van der Waals surface area contributed by atoms with Gasteiger partial charge in [-0.05, 0) is 90.4 Å². The fraction of sp³-hybridized carbons (Fsp3) is 0. The second-order valence-electron chi connectivity index (χ2n) is 5.74. The second-order valence-corrected chi connectivity index (χ2v) is 10.1. The molecule has 0 heterocycles. The van der Waals surface area contributed by atoms with Gasteiger partial charge in [0.1, 0.15) is 0 Å². The van der Waals surface area contributed by atoms with Gasteiger partial charge in [-0.15, -0.1) is 0 Å². The summed E-state index contributed by atoms with van der Waals surface area (Å²) in [6.07, 6.45) is 0. The molecule has 0 saturated heterocycles. The van der Waals surface area contributed by atoms with E-state index in [1.165, 1.54) is 0 Å². The first-order chi connectivity index (χ1) is 11.4. The molecule has 0 fully saturated rings. The van der Waals surface area contributed by atoms with Gasteiger partial charge in [-0.25, -0.2) is 0 Å². The molecule has 0 saturated carbocycles. The smallest absolute Gasteiger partial charge is 0.195 e. The molecule has 4 bridgehead atoms. The number of carbonyl (C=O) groups excluding carboxylic acids is 2. The quantitative estimate of drug-likeness (QED) is 0.180. The molecule has 0 atom stereocenters. The van der Waals surface area contributed by atoms with Crippen molar-refractivity contribution in [1.29, 1.82) is 0 Å². The van der Waals surface area contributed by atoms with E-state index < -0.39 is 0 Å². The Morgan fingerprint density at radius 3 is 0.875 bits per heavy atom. The monoisotopic (exact) mass is 760 g/mol. The fourth-order valence-electron chi connectivity index (χ4n) is 3.60. The summed E-state index contributed by atoms with van der Waals surface area (Å²) in [5.41, 5.74) is 2.37. The Balaban J connectivity index is 2.01. The molecule has 6 aromatic carbocycles. The first-order valence-electron chi connectivity index (χ1n) is 6.99. The Morgan fingerprint density at radius 2 is 0.667 bits per heavy atom. The highest BCUT2D eigenvalue weighted by Crippen LogP contribution is 2.45. The summed E-state index contributed by atoms with van der Waals surface area (Å²) in [7, 11) is 0. The molecule has 0 aromatic heterocycles. The molecule has 0 unspecified atom stereocenters. The van der Waals surface area contributed by atoms with Gasteiger partial charge in [0.2, 0.25) is 0 Å². The molecule has 1 aliphatic carbocycles. The SMILES string of the molecule is O=C1c2c(c3ccc2c(I)c3I)C(=O)c2c1c1ccc2c(I)c1I. The minimum atomic E-state index is -0.00979.